The minimum atomic E-state index is -5.17. The van der Waals surface area contributed by atoms with Crippen LogP contribution in [0.1, 0.15) is 116 Å². The van der Waals surface area contributed by atoms with E-state index in [4.69, 9.17) is 14.4 Å². The van der Waals surface area contributed by atoms with Gasteiger partial charge < -0.3 is 45.0 Å². The number of ether oxygens (including phenoxy) is 1. The zero-order chi connectivity index (χ0) is 36.8. The number of phosphoric acid groups is 1. The third kappa shape index (κ3) is 21.4. The normalized spacial score (nSPS) is 24.1. The molecule has 1 aliphatic carbocycles. The Morgan fingerprint density at radius 2 is 1.76 bits per heavy atom. The Morgan fingerprint density at radius 3 is 2.39 bits per heavy atom. The second-order valence-electron chi connectivity index (χ2n) is 13.6. The van der Waals surface area contributed by atoms with Gasteiger partial charge >= 0.3 is 43.3 Å². The number of aliphatic hydroxyl groups excluding tert-OH is 3. The number of allylic oxidation sites excluding steroid dienone is 3. The first-order chi connectivity index (χ1) is 23.8. The fourth-order valence-corrected chi connectivity index (χ4v) is 6.99. The van der Waals surface area contributed by atoms with Crippen LogP contribution >= 0.6 is 7.82 Å². The smallest absolute Gasteiger partial charge is 0.862 e. The van der Waals surface area contributed by atoms with Gasteiger partial charge in [0.1, 0.15) is 17.8 Å². The molecule has 2 rings (SSSR count). The van der Waals surface area contributed by atoms with Crippen molar-refractivity contribution in [2.45, 2.75) is 146 Å². The van der Waals surface area contributed by atoms with Crippen molar-refractivity contribution in [1.29, 1.82) is 0 Å². The first-order valence-corrected chi connectivity index (χ1v) is 19.9. The Bertz CT molecular complexity index is 1170. The number of nitrogens with zero attached hydrogens (tertiary/aromatic N) is 1. The van der Waals surface area contributed by atoms with E-state index in [-0.39, 0.29) is 79.4 Å². The number of aliphatic imine (C=N–C) groups is 1. The molecule has 12 nitrogen and oxygen atoms in total. The fraction of sp³-hybridized carbons (Fsp3) is 0.730. The molecule has 1 aliphatic heterocycles. The van der Waals surface area contributed by atoms with Crippen LogP contribution in [-0.4, -0.2) is 85.2 Å². The average molecular weight is 750 g/mol. The number of cyclic esters (lactones) is 1. The largest absolute Gasteiger partial charge is 1.00 e. The topological polar surface area (TPSA) is 209 Å². The van der Waals surface area contributed by atoms with Crippen LogP contribution in [-0.2, 0) is 18.6 Å². The summed E-state index contributed by atoms with van der Waals surface area (Å²) in [6.45, 7) is 1.97. The summed E-state index contributed by atoms with van der Waals surface area (Å²) in [5, 5.41) is 54.1. The molecule has 0 aromatic rings. The van der Waals surface area contributed by atoms with Gasteiger partial charge in [0.15, 0.2) is 0 Å². The van der Waals surface area contributed by atoms with Gasteiger partial charge in [-0.05, 0) is 62.8 Å². The minimum absolute atomic E-state index is 0. The summed E-state index contributed by atoms with van der Waals surface area (Å²) in [7, 11) is -5.17. The maximum Gasteiger partial charge on any atom is 1.00 e. The molecule has 0 bridgehead atoms. The number of rotatable bonds is 25. The van der Waals surface area contributed by atoms with Crippen molar-refractivity contribution in [3.05, 3.63) is 48.6 Å². The van der Waals surface area contributed by atoms with E-state index in [1.165, 1.54) is 24.3 Å². The van der Waals surface area contributed by atoms with Crippen molar-refractivity contribution in [3.8, 4) is 0 Å². The molecule has 7 atom stereocenters. The Labute approximate surface area is 326 Å². The summed E-state index contributed by atoms with van der Waals surface area (Å²) in [4.78, 5) is 35.6. The summed E-state index contributed by atoms with van der Waals surface area (Å²) in [6, 6.07) is 0. The van der Waals surface area contributed by atoms with Crippen LogP contribution in [0.25, 0.3) is 0 Å². The first kappa shape index (κ1) is 47.9. The molecule has 0 aromatic heterocycles. The van der Waals surface area contributed by atoms with Crippen LogP contribution in [0.15, 0.2) is 53.6 Å². The number of esters is 1. The van der Waals surface area contributed by atoms with E-state index in [0.717, 1.165) is 70.6 Å². The molecular weight excluding hydrogens is 688 g/mol. The maximum absolute atomic E-state index is 12.6. The standard InChI is InChI=1S/C37H62NO11P.Na/c1-2-30-20-21-36(43)48-33(30)22-23-37(44,24-25-38-35(42)19-10-8-6-4-3-5-7-9-13-26-39)34(49-50(45,46)47)28-32(41)17-12-11-15-29-16-14-18-31(40)27-29;/h11-12,15,17,20-23,29-34,39-41,44H,2-10,13-14,16,18-19,24-28H2,1H3,(H,38,42)(H2,45,46,47);/q;+1/p-1/b15-11-,17-12-,23-22+;/t29-,30+,31+,32+,33+,34-,37+;/m1./s1. The van der Waals surface area contributed by atoms with E-state index in [9.17, 15) is 39.6 Å². The van der Waals surface area contributed by atoms with Gasteiger partial charge in [0, 0.05) is 38.0 Å². The Kier molecular flexibility index (Phi) is 25.0. The second kappa shape index (κ2) is 26.6. The molecule has 1 heterocycles. The molecule has 0 radical (unpaired) electrons. The molecule has 0 aromatic carbocycles. The molecule has 6 N–H and O–H groups in total. The summed E-state index contributed by atoms with van der Waals surface area (Å²) < 4.78 is 22.6. The summed E-state index contributed by atoms with van der Waals surface area (Å²) >= 11 is 0. The number of aliphatic hydroxyl groups is 4. The van der Waals surface area contributed by atoms with E-state index >= 15 is 0 Å². The maximum atomic E-state index is 12.6. The number of unbranched alkanes of at least 4 members (excludes halogenated alkanes) is 8. The molecule has 0 saturated heterocycles. The Morgan fingerprint density at radius 1 is 1.10 bits per heavy atom. The van der Waals surface area contributed by atoms with E-state index < -0.39 is 44.1 Å². The van der Waals surface area contributed by atoms with Crippen LogP contribution in [0.5, 0.6) is 0 Å². The molecule has 2 aliphatic rings. The first-order valence-electron chi connectivity index (χ1n) is 18.4. The van der Waals surface area contributed by atoms with Gasteiger partial charge in [-0.1, -0.05) is 94.7 Å². The molecule has 1 saturated carbocycles. The zero-order valence-corrected chi connectivity index (χ0v) is 33.5. The van der Waals surface area contributed by atoms with Crippen molar-refractivity contribution in [2.75, 3.05) is 13.2 Å². The molecule has 0 amide bonds. The zero-order valence-electron chi connectivity index (χ0n) is 30.6. The molecule has 14 heteroatoms. The Balaban J connectivity index is 0.0000130. The molecule has 286 valence electrons. The SMILES string of the molecule is CC[C@H]1C=CC(=O)O[C@H]1/C=C/[C@](O)(CCN=C([O-])CCCCCCCCCCCO)[C@@H](C[C@@H](O)/C=C\C=C/[C@@H]1CCC[C@H](O)C1)OP(=O)(O)O.[Na+]. The summed E-state index contributed by atoms with van der Waals surface area (Å²) in [5.74, 6) is -0.893. The second-order valence-corrected chi connectivity index (χ2v) is 14.8. The number of phosphoric ester groups is 1. The molecule has 51 heavy (non-hydrogen) atoms. The van der Waals surface area contributed by atoms with Crippen molar-refractivity contribution in [3.63, 3.8) is 0 Å². The van der Waals surface area contributed by atoms with E-state index in [0.29, 0.717) is 19.3 Å². The molecule has 0 spiro atoms. The van der Waals surface area contributed by atoms with E-state index in [1.807, 2.05) is 13.0 Å². The number of hydrogen-bond donors (Lipinski definition) is 6. The van der Waals surface area contributed by atoms with Gasteiger partial charge in [0.25, 0.3) is 0 Å². The Hall–Kier alpha value is -1.15. The van der Waals surface area contributed by atoms with E-state index in [2.05, 4.69) is 4.99 Å². The van der Waals surface area contributed by atoms with Crippen molar-refractivity contribution in [2.24, 2.45) is 16.8 Å². The van der Waals surface area contributed by atoms with E-state index in [1.54, 1.807) is 18.2 Å². The monoisotopic (exact) mass is 749 g/mol. The molecular formula is C37H61NNaO11P. The van der Waals surface area contributed by atoms with Crippen molar-refractivity contribution >= 4 is 19.7 Å². The molecule has 1 fully saturated rings. The van der Waals surface area contributed by atoms with Gasteiger partial charge in [-0.2, -0.15) is 0 Å². The number of carbonyl (C=O) groups is 1. The summed E-state index contributed by atoms with van der Waals surface area (Å²) in [6.07, 6.45) is 20.9. The van der Waals surface area contributed by atoms with Gasteiger partial charge in [-0.3, -0.25) is 4.52 Å². The third-order valence-electron chi connectivity index (χ3n) is 9.34. The van der Waals surface area contributed by atoms with Gasteiger partial charge in [0.2, 0.25) is 0 Å². The van der Waals surface area contributed by atoms with Gasteiger partial charge in [0.05, 0.1) is 12.2 Å². The van der Waals surface area contributed by atoms with Crippen LogP contribution in [0, 0.1) is 11.8 Å². The van der Waals surface area contributed by atoms with Gasteiger partial charge in [-0.25, -0.2) is 9.36 Å². The molecule has 0 unspecified atom stereocenters. The fourth-order valence-electron chi connectivity index (χ4n) is 6.39. The van der Waals surface area contributed by atoms with Crippen LogP contribution in [0.3, 0.4) is 0 Å². The quantitative estimate of drug-likeness (QED) is 0.0116. The predicted molar refractivity (Wildman–Crippen MR) is 191 cm³/mol. The number of carbonyl (C=O) groups excluding carboxylic acids is 1. The van der Waals surface area contributed by atoms with Crippen molar-refractivity contribution in [1.82, 2.24) is 0 Å². The van der Waals surface area contributed by atoms with Crippen LogP contribution < -0.4 is 34.7 Å². The third-order valence-corrected chi connectivity index (χ3v) is 9.87. The number of hydrogen-bond acceptors (Lipinski definition) is 10. The van der Waals surface area contributed by atoms with Crippen LogP contribution in [0.2, 0.25) is 0 Å². The summed E-state index contributed by atoms with van der Waals surface area (Å²) in [5.41, 5.74) is -2.11. The minimum Gasteiger partial charge on any atom is -0.862 e. The van der Waals surface area contributed by atoms with Gasteiger partial charge in [-0.15, -0.1) is 0 Å². The average Bonchev–Trinajstić information content (AvgIpc) is 3.06. The van der Waals surface area contributed by atoms with Crippen LogP contribution in [0.4, 0.5) is 0 Å². The predicted octanol–water partition coefficient (Wildman–Crippen LogP) is 1.72. The van der Waals surface area contributed by atoms with Crippen molar-refractivity contribution < 1.29 is 83.5 Å².